The van der Waals surface area contributed by atoms with E-state index in [2.05, 4.69) is 15.6 Å². The summed E-state index contributed by atoms with van der Waals surface area (Å²) in [4.78, 5) is 4.55. The lowest BCUT2D eigenvalue weighted by molar-refractivity contribution is 0.320. The highest BCUT2D eigenvalue weighted by molar-refractivity contribution is 5.79. The second kappa shape index (κ2) is 10.2. The Morgan fingerprint density at radius 3 is 2.72 bits per heavy atom. The molecule has 5 nitrogen and oxygen atoms in total. The molecule has 0 saturated carbocycles. The van der Waals surface area contributed by atoms with Gasteiger partial charge in [0.25, 0.3) is 0 Å². The largest absolute Gasteiger partial charge is 0.496 e. The highest BCUT2D eigenvalue weighted by atomic mass is 19.1. The van der Waals surface area contributed by atoms with Gasteiger partial charge in [0.15, 0.2) is 5.96 Å². The smallest absolute Gasteiger partial charge is 0.191 e. The van der Waals surface area contributed by atoms with Crippen molar-refractivity contribution in [2.24, 2.45) is 4.99 Å². The topological polar surface area (TPSA) is 54.9 Å². The highest BCUT2D eigenvalue weighted by Crippen LogP contribution is 2.17. The van der Waals surface area contributed by atoms with Crippen molar-refractivity contribution in [1.82, 2.24) is 10.6 Å². The number of methoxy groups -OCH3 is 1. The van der Waals surface area contributed by atoms with Gasteiger partial charge in [-0.3, -0.25) is 0 Å². The molecule has 0 aliphatic heterocycles. The zero-order valence-corrected chi connectivity index (χ0v) is 14.6. The van der Waals surface area contributed by atoms with Gasteiger partial charge in [0.2, 0.25) is 0 Å². The van der Waals surface area contributed by atoms with Crippen LogP contribution < -0.4 is 20.1 Å². The first-order valence-corrected chi connectivity index (χ1v) is 8.25. The second-order valence-electron chi connectivity index (χ2n) is 5.24. The fourth-order valence-corrected chi connectivity index (χ4v) is 2.23. The van der Waals surface area contributed by atoms with Gasteiger partial charge in [0.1, 0.15) is 23.9 Å². The second-order valence-corrected chi connectivity index (χ2v) is 5.24. The Morgan fingerprint density at radius 1 is 1.12 bits per heavy atom. The van der Waals surface area contributed by atoms with Crippen LogP contribution in [0.2, 0.25) is 0 Å². The molecule has 0 bridgehead atoms. The zero-order valence-electron chi connectivity index (χ0n) is 14.6. The number of guanidine groups is 1. The fraction of sp³-hybridized carbons (Fsp3) is 0.316. The van der Waals surface area contributed by atoms with Gasteiger partial charge in [-0.15, -0.1) is 0 Å². The van der Waals surface area contributed by atoms with Crippen molar-refractivity contribution in [3.63, 3.8) is 0 Å². The van der Waals surface area contributed by atoms with Gasteiger partial charge >= 0.3 is 0 Å². The molecule has 0 aliphatic carbocycles. The lowest BCUT2D eigenvalue weighted by atomic mass is 10.2. The number of halogens is 1. The van der Waals surface area contributed by atoms with Gasteiger partial charge in [0.05, 0.1) is 20.2 Å². The van der Waals surface area contributed by atoms with Crippen LogP contribution in [-0.4, -0.2) is 32.8 Å². The van der Waals surface area contributed by atoms with E-state index in [1.165, 1.54) is 12.1 Å². The molecule has 0 amide bonds. The summed E-state index contributed by atoms with van der Waals surface area (Å²) in [6, 6.07) is 13.9. The number of para-hydroxylation sites is 1. The fourth-order valence-electron chi connectivity index (χ4n) is 2.23. The van der Waals surface area contributed by atoms with E-state index in [0.717, 1.165) is 17.9 Å². The monoisotopic (exact) mass is 345 g/mol. The number of benzene rings is 2. The first kappa shape index (κ1) is 18.6. The van der Waals surface area contributed by atoms with Crippen LogP contribution in [0.15, 0.2) is 53.5 Å². The van der Waals surface area contributed by atoms with Crippen LogP contribution in [0.5, 0.6) is 11.5 Å². The average Bonchev–Trinajstić information content (AvgIpc) is 2.63. The van der Waals surface area contributed by atoms with Crippen LogP contribution in [0, 0.1) is 5.82 Å². The molecule has 0 atom stereocenters. The molecule has 2 aromatic rings. The Labute approximate surface area is 147 Å². The van der Waals surface area contributed by atoms with E-state index in [1.807, 2.05) is 31.2 Å². The quantitative estimate of drug-likeness (QED) is 0.439. The van der Waals surface area contributed by atoms with Crippen molar-refractivity contribution in [2.45, 2.75) is 13.5 Å². The Morgan fingerprint density at radius 2 is 1.96 bits per heavy atom. The molecule has 0 unspecified atom stereocenters. The van der Waals surface area contributed by atoms with Gasteiger partial charge in [-0.1, -0.05) is 24.3 Å². The van der Waals surface area contributed by atoms with E-state index < -0.39 is 0 Å². The molecule has 2 N–H and O–H groups in total. The molecule has 0 spiro atoms. The molecule has 0 fully saturated rings. The molecular weight excluding hydrogens is 321 g/mol. The number of nitrogens with zero attached hydrogens (tertiary/aromatic N) is 1. The number of aliphatic imine (C=N–C) groups is 1. The van der Waals surface area contributed by atoms with Crippen molar-refractivity contribution < 1.29 is 13.9 Å². The molecule has 0 aliphatic rings. The summed E-state index contributed by atoms with van der Waals surface area (Å²) in [5, 5.41) is 6.37. The Kier molecular flexibility index (Phi) is 7.56. The van der Waals surface area contributed by atoms with Crippen LogP contribution in [-0.2, 0) is 6.54 Å². The van der Waals surface area contributed by atoms with Gasteiger partial charge in [-0.05, 0) is 25.1 Å². The standard InChI is InChI=1S/C19H24FN3O2/c1-3-21-19(23-14-15-7-4-5-10-18(15)24-2)22-11-12-25-17-9-6-8-16(20)13-17/h4-10,13H,3,11-12,14H2,1-2H3,(H2,21,22,23). The first-order valence-electron chi connectivity index (χ1n) is 8.25. The summed E-state index contributed by atoms with van der Waals surface area (Å²) in [6.07, 6.45) is 0. The summed E-state index contributed by atoms with van der Waals surface area (Å²) >= 11 is 0. The third-order valence-electron chi connectivity index (χ3n) is 3.40. The Balaban J connectivity index is 1.85. The molecule has 0 heterocycles. The van der Waals surface area contributed by atoms with Crippen molar-refractivity contribution in [3.8, 4) is 11.5 Å². The molecule has 0 saturated heterocycles. The van der Waals surface area contributed by atoms with E-state index in [4.69, 9.17) is 9.47 Å². The van der Waals surface area contributed by atoms with Crippen molar-refractivity contribution in [3.05, 3.63) is 59.9 Å². The van der Waals surface area contributed by atoms with Crippen LogP contribution in [0.3, 0.4) is 0 Å². The molecule has 0 radical (unpaired) electrons. The number of rotatable bonds is 8. The molecule has 0 aromatic heterocycles. The number of hydrogen-bond acceptors (Lipinski definition) is 3. The van der Waals surface area contributed by atoms with Crippen molar-refractivity contribution >= 4 is 5.96 Å². The number of hydrogen-bond donors (Lipinski definition) is 2. The maximum Gasteiger partial charge on any atom is 0.191 e. The normalized spacial score (nSPS) is 11.1. The van der Waals surface area contributed by atoms with Crippen LogP contribution >= 0.6 is 0 Å². The van der Waals surface area contributed by atoms with E-state index >= 15 is 0 Å². The molecule has 2 aromatic carbocycles. The lowest BCUT2D eigenvalue weighted by Gasteiger charge is -2.13. The van der Waals surface area contributed by atoms with E-state index in [0.29, 0.717) is 31.4 Å². The minimum atomic E-state index is -0.308. The van der Waals surface area contributed by atoms with Crippen LogP contribution in [0.25, 0.3) is 0 Å². The highest BCUT2D eigenvalue weighted by Gasteiger charge is 2.02. The number of ether oxygens (including phenoxy) is 2. The summed E-state index contributed by atoms with van der Waals surface area (Å²) < 4.78 is 23.9. The summed E-state index contributed by atoms with van der Waals surface area (Å²) in [6.45, 7) is 4.22. The van der Waals surface area contributed by atoms with E-state index in [9.17, 15) is 4.39 Å². The molecule has 2 rings (SSSR count). The predicted octanol–water partition coefficient (Wildman–Crippen LogP) is 2.97. The van der Waals surface area contributed by atoms with Crippen molar-refractivity contribution in [1.29, 1.82) is 0 Å². The van der Waals surface area contributed by atoms with E-state index in [1.54, 1.807) is 19.2 Å². The first-order chi connectivity index (χ1) is 12.2. The average molecular weight is 345 g/mol. The van der Waals surface area contributed by atoms with Gasteiger partial charge in [-0.25, -0.2) is 9.38 Å². The predicted molar refractivity (Wildman–Crippen MR) is 97.7 cm³/mol. The third kappa shape index (κ3) is 6.33. The minimum absolute atomic E-state index is 0.308. The third-order valence-corrected chi connectivity index (χ3v) is 3.40. The summed E-state index contributed by atoms with van der Waals surface area (Å²) in [5.41, 5.74) is 1.01. The lowest BCUT2D eigenvalue weighted by Crippen LogP contribution is -2.39. The van der Waals surface area contributed by atoms with Crippen LogP contribution in [0.4, 0.5) is 4.39 Å². The molecule has 134 valence electrons. The van der Waals surface area contributed by atoms with Gasteiger partial charge < -0.3 is 20.1 Å². The SMILES string of the molecule is CCNC(=NCc1ccccc1OC)NCCOc1cccc(F)c1. The maximum atomic E-state index is 13.1. The number of nitrogens with one attached hydrogen (secondary N) is 2. The maximum absolute atomic E-state index is 13.1. The molecule has 25 heavy (non-hydrogen) atoms. The van der Waals surface area contributed by atoms with Crippen LogP contribution in [0.1, 0.15) is 12.5 Å². The van der Waals surface area contributed by atoms with Gasteiger partial charge in [0, 0.05) is 18.2 Å². The van der Waals surface area contributed by atoms with E-state index in [-0.39, 0.29) is 5.82 Å². The Bertz CT molecular complexity index is 692. The summed E-state index contributed by atoms with van der Waals surface area (Å²) in [7, 11) is 1.65. The van der Waals surface area contributed by atoms with Gasteiger partial charge in [-0.2, -0.15) is 0 Å². The minimum Gasteiger partial charge on any atom is -0.496 e. The van der Waals surface area contributed by atoms with Crippen molar-refractivity contribution in [2.75, 3.05) is 26.8 Å². The Hall–Kier alpha value is -2.76. The molecular formula is C19H24FN3O2. The molecule has 6 heteroatoms. The zero-order chi connectivity index (χ0) is 17.9. The summed E-state index contributed by atoms with van der Waals surface area (Å²) in [5.74, 6) is 1.71.